The molecule has 0 aliphatic carbocycles. The number of nitrogens with one attached hydrogen (secondary N) is 3. The van der Waals surface area contributed by atoms with Gasteiger partial charge in [-0.3, -0.25) is 14.9 Å². The molecule has 0 aliphatic rings. The molecule has 2 rings (SSSR count). The first-order chi connectivity index (χ1) is 15.4. The van der Waals surface area contributed by atoms with Crippen molar-refractivity contribution in [3.05, 3.63) is 59.7 Å². The molecule has 0 heterocycles. The fourth-order valence-electron chi connectivity index (χ4n) is 2.74. The standard InChI is InChI=1S/C24H31N3O4S/c1-17(2)11-14-31-21-10-5-8-19(16-21)23(29)27-24(32)26-20-9-4-7-18(15-20)22(28)25-12-6-13-30-3/h4-5,7-10,15-17H,6,11-14H2,1-3H3,(H,25,28)(H2,26,27,29,32). The molecule has 172 valence electrons. The van der Waals surface area contributed by atoms with Crippen LogP contribution in [-0.2, 0) is 4.74 Å². The summed E-state index contributed by atoms with van der Waals surface area (Å²) in [6, 6.07) is 13.9. The zero-order valence-corrected chi connectivity index (χ0v) is 19.6. The number of rotatable bonds is 11. The molecule has 2 aromatic rings. The van der Waals surface area contributed by atoms with Crippen LogP contribution in [0.4, 0.5) is 5.69 Å². The normalized spacial score (nSPS) is 10.5. The highest BCUT2D eigenvalue weighted by Crippen LogP contribution is 2.15. The van der Waals surface area contributed by atoms with Gasteiger partial charge < -0.3 is 20.1 Å². The van der Waals surface area contributed by atoms with Crippen LogP contribution in [0.1, 0.15) is 47.4 Å². The Labute approximate surface area is 194 Å². The predicted octanol–water partition coefficient (Wildman–Crippen LogP) is 4.00. The third-order valence-electron chi connectivity index (χ3n) is 4.48. The minimum absolute atomic E-state index is 0.138. The number of methoxy groups -OCH3 is 1. The van der Waals surface area contributed by atoms with Crippen LogP contribution in [0, 0.1) is 5.92 Å². The van der Waals surface area contributed by atoms with Gasteiger partial charge in [-0.15, -0.1) is 0 Å². The fourth-order valence-corrected chi connectivity index (χ4v) is 2.95. The SMILES string of the molecule is COCCCNC(=O)c1cccc(NC(=S)NC(=O)c2cccc(OCCC(C)C)c2)c1. The first-order valence-corrected chi connectivity index (χ1v) is 11.0. The van der Waals surface area contributed by atoms with E-state index < -0.39 is 0 Å². The maximum Gasteiger partial charge on any atom is 0.257 e. The number of hydrogen-bond donors (Lipinski definition) is 3. The summed E-state index contributed by atoms with van der Waals surface area (Å²) in [6.07, 6.45) is 1.68. The topological polar surface area (TPSA) is 88.7 Å². The largest absolute Gasteiger partial charge is 0.494 e. The van der Waals surface area contributed by atoms with Crippen LogP contribution in [0.2, 0.25) is 0 Å². The van der Waals surface area contributed by atoms with E-state index in [1.807, 2.05) is 6.07 Å². The van der Waals surface area contributed by atoms with E-state index in [-0.39, 0.29) is 16.9 Å². The van der Waals surface area contributed by atoms with Crippen molar-refractivity contribution in [2.45, 2.75) is 26.7 Å². The number of amides is 2. The lowest BCUT2D eigenvalue weighted by Gasteiger charge is -2.12. The van der Waals surface area contributed by atoms with E-state index in [1.165, 1.54) is 0 Å². The first-order valence-electron chi connectivity index (χ1n) is 10.6. The van der Waals surface area contributed by atoms with Crippen LogP contribution in [-0.4, -0.2) is 43.8 Å². The number of thiocarbonyl (C=S) groups is 1. The molecule has 0 bridgehead atoms. The predicted molar refractivity (Wildman–Crippen MR) is 130 cm³/mol. The van der Waals surface area contributed by atoms with E-state index in [1.54, 1.807) is 49.6 Å². The van der Waals surface area contributed by atoms with Gasteiger partial charge in [0.15, 0.2) is 5.11 Å². The number of carbonyl (C=O) groups is 2. The van der Waals surface area contributed by atoms with Gasteiger partial charge in [-0.05, 0) is 67.4 Å². The average Bonchev–Trinajstić information content (AvgIpc) is 2.76. The molecule has 0 atom stereocenters. The number of benzene rings is 2. The summed E-state index contributed by atoms with van der Waals surface area (Å²) in [5, 5.41) is 8.57. The number of carbonyl (C=O) groups excluding carboxylic acids is 2. The minimum atomic E-state index is -0.344. The van der Waals surface area contributed by atoms with Crippen LogP contribution in [0.25, 0.3) is 0 Å². The molecule has 2 amide bonds. The second kappa shape index (κ2) is 13.4. The quantitative estimate of drug-likeness (QED) is 0.349. The van der Waals surface area contributed by atoms with Gasteiger partial charge in [0.1, 0.15) is 5.75 Å². The molecule has 0 aliphatic heterocycles. The summed E-state index contributed by atoms with van der Waals surface area (Å²) in [5.74, 6) is 0.657. The third kappa shape index (κ3) is 9.03. The van der Waals surface area contributed by atoms with Gasteiger partial charge in [-0.25, -0.2) is 0 Å². The number of anilines is 1. The minimum Gasteiger partial charge on any atom is -0.494 e. The molecule has 32 heavy (non-hydrogen) atoms. The second-order valence-electron chi connectivity index (χ2n) is 7.65. The molecule has 0 radical (unpaired) electrons. The zero-order valence-electron chi connectivity index (χ0n) is 18.8. The van der Waals surface area contributed by atoms with Crippen molar-refractivity contribution in [3.8, 4) is 5.75 Å². The van der Waals surface area contributed by atoms with Crippen LogP contribution in [0.3, 0.4) is 0 Å². The lowest BCUT2D eigenvalue weighted by molar-refractivity contribution is 0.0946. The number of hydrogen-bond acceptors (Lipinski definition) is 5. The van der Waals surface area contributed by atoms with Crippen molar-refractivity contribution in [1.29, 1.82) is 0 Å². The Morgan fingerprint density at radius 1 is 1.00 bits per heavy atom. The van der Waals surface area contributed by atoms with E-state index in [2.05, 4.69) is 29.8 Å². The van der Waals surface area contributed by atoms with Crippen molar-refractivity contribution in [3.63, 3.8) is 0 Å². The third-order valence-corrected chi connectivity index (χ3v) is 4.68. The second-order valence-corrected chi connectivity index (χ2v) is 8.06. The molecule has 0 spiro atoms. The highest BCUT2D eigenvalue weighted by Gasteiger charge is 2.11. The van der Waals surface area contributed by atoms with Gasteiger partial charge in [0.05, 0.1) is 6.61 Å². The van der Waals surface area contributed by atoms with Gasteiger partial charge in [-0.2, -0.15) is 0 Å². The van der Waals surface area contributed by atoms with Crippen molar-refractivity contribution >= 4 is 34.8 Å². The fraction of sp³-hybridized carbons (Fsp3) is 0.375. The molecular formula is C24H31N3O4S. The van der Waals surface area contributed by atoms with Gasteiger partial charge in [-0.1, -0.05) is 26.0 Å². The van der Waals surface area contributed by atoms with Crippen molar-refractivity contribution in [2.24, 2.45) is 5.92 Å². The molecule has 0 saturated heterocycles. The molecule has 0 fully saturated rings. The molecular weight excluding hydrogens is 426 g/mol. The summed E-state index contributed by atoms with van der Waals surface area (Å²) < 4.78 is 10.7. The smallest absolute Gasteiger partial charge is 0.257 e. The molecule has 0 saturated carbocycles. The first kappa shape index (κ1) is 25.3. The van der Waals surface area contributed by atoms with Crippen LogP contribution < -0.4 is 20.7 Å². The molecule has 0 aromatic heterocycles. The maximum atomic E-state index is 12.6. The monoisotopic (exact) mass is 457 g/mol. The van der Waals surface area contributed by atoms with E-state index in [0.717, 1.165) is 12.8 Å². The van der Waals surface area contributed by atoms with E-state index in [9.17, 15) is 9.59 Å². The van der Waals surface area contributed by atoms with Gasteiger partial charge in [0, 0.05) is 37.1 Å². The molecule has 0 unspecified atom stereocenters. The summed E-state index contributed by atoms with van der Waals surface area (Å²) in [7, 11) is 1.62. The Bertz CT molecular complexity index is 918. The Morgan fingerprint density at radius 3 is 2.44 bits per heavy atom. The zero-order chi connectivity index (χ0) is 23.3. The van der Waals surface area contributed by atoms with Crippen LogP contribution in [0.15, 0.2) is 48.5 Å². The lowest BCUT2D eigenvalue weighted by Crippen LogP contribution is -2.34. The Kier molecular flexibility index (Phi) is 10.6. The van der Waals surface area contributed by atoms with E-state index in [0.29, 0.717) is 48.2 Å². The maximum absolute atomic E-state index is 12.6. The summed E-state index contributed by atoms with van der Waals surface area (Å²) in [4.78, 5) is 24.8. The average molecular weight is 458 g/mol. The molecule has 8 heteroatoms. The van der Waals surface area contributed by atoms with Gasteiger partial charge >= 0.3 is 0 Å². The summed E-state index contributed by atoms with van der Waals surface area (Å²) >= 11 is 5.26. The van der Waals surface area contributed by atoms with Crippen molar-refractivity contribution in [2.75, 3.05) is 32.2 Å². The van der Waals surface area contributed by atoms with Crippen LogP contribution >= 0.6 is 12.2 Å². The Hall–Kier alpha value is -2.97. The summed E-state index contributed by atoms with van der Waals surface area (Å²) in [6.45, 7) is 5.97. The van der Waals surface area contributed by atoms with Crippen molar-refractivity contribution < 1.29 is 19.1 Å². The molecule has 7 nitrogen and oxygen atoms in total. The van der Waals surface area contributed by atoms with Gasteiger partial charge in [0.2, 0.25) is 0 Å². The van der Waals surface area contributed by atoms with Crippen LogP contribution in [0.5, 0.6) is 5.75 Å². The molecule has 3 N–H and O–H groups in total. The highest BCUT2D eigenvalue weighted by atomic mass is 32.1. The van der Waals surface area contributed by atoms with Gasteiger partial charge in [0.25, 0.3) is 11.8 Å². The van der Waals surface area contributed by atoms with E-state index in [4.69, 9.17) is 21.7 Å². The summed E-state index contributed by atoms with van der Waals surface area (Å²) in [5.41, 5.74) is 1.54. The Balaban J connectivity index is 1.89. The lowest BCUT2D eigenvalue weighted by atomic mass is 10.1. The van der Waals surface area contributed by atoms with E-state index >= 15 is 0 Å². The Morgan fingerprint density at radius 2 is 1.72 bits per heavy atom. The highest BCUT2D eigenvalue weighted by molar-refractivity contribution is 7.80. The number of ether oxygens (including phenoxy) is 2. The molecule has 2 aromatic carbocycles. The van der Waals surface area contributed by atoms with Crippen molar-refractivity contribution in [1.82, 2.24) is 10.6 Å².